The molecule has 2 aromatic carbocycles. The Morgan fingerprint density at radius 3 is 1.10 bits per heavy atom. The minimum Gasteiger partial charge on any atom is -0.506 e. The summed E-state index contributed by atoms with van der Waals surface area (Å²) in [5, 5.41) is 0. The van der Waals surface area contributed by atoms with Gasteiger partial charge >= 0.3 is 19.8 Å². The fourth-order valence-electron chi connectivity index (χ4n) is 3.55. The standard InChI is InChI=1S/C22H20N4.2CH3.Os/c1-3-19-11-20(4-1)14-24-8-10-26(18-24)16-22-6-2-5-21(12-22)15-25-9-7-23(13-19)17-25;;;/h1-10,17-18H,13-16H2;2*1H3;/q-4;2*-1;+6. The zero-order valence-corrected chi connectivity index (χ0v) is 19.4. The Bertz CT molecular complexity index is 733. The van der Waals surface area contributed by atoms with Gasteiger partial charge in [0.25, 0.3) is 0 Å². The van der Waals surface area contributed by atoms with Crippen molar-refractivity contribution in [1.29, 1.82) is 0 Å². The first-order valence-electron chi connectivity index (χ1n) is 8.90. The minimum absolute atomic E-state index is 0. The van der Waals surface area contributed by atoms with Gasteiger partial charge in [-0.3, -0.25) is 0 Å². The summed E-state index contributed by atoms with van der Waals surface area (Å²) in [5.74, 6) is 0. The van der Waals surface area contributed by atoms with Crippen LogP contribution in [0, 0.1) is 40.3 Å². The van der Waals surface area contributed by atoms with Gasteiger partial charge in [-0.05, 0) is 51.0 Å². The van der Waals surface area contributed by atoms with Gasteiger partial charge in [0.2, 0.25) is 0 Å². The first kappa shape index (κ1) is 23.0. The molecule has 5 heteroatoms. The van der Waals surface area contributed by atoms with Crippen molar-refractivity contribution in [1.82, 2.24) is 19.6 Å². The summed E-state index contributed by atoms with van der Waals surface area (Å²) < 4.78 is 0. The molecule has 0 saturated heterocycles. The molecule has 8 bridgehead atoms. The molecule has 0 aromatic heterocycles. The SMILES string of the molecule is [CH3-].[CH3-].[Os+6].[c-]1c2cccc1CN1C=CN([CH-]1)Cc1[c-]c(ccc1)CN1C=CN([CH-]1)C2. The van der Waals surface area contributed by atoms with Crippen LogP contribution < -0.4 is 0 Å². The van der Waals surface area contributed by atoms with Crippen LogP contribution in [0.3, 0.4) is 0 Å². The summed E-state index contributed by atoms with van der Waals surface area (Å²) in [6, 6.07) is 19.9. The molecule has 29 heavy (non-hydrogen) atoms. The monoisotopic (exact) mass is 562 g/mol. The maximum atomic E-state index is 3.56. The van der Waals surface area contributed by atoms with Gasteiger partial charge in [-0.2, -0.15) is 61.9 Å². The number of fused-ring (bicyclic) bond motifs is 8. The number of hydrogen-bond acceptors (Lipinski definition) is 4. The molecule has 0 amide bonds. The van der Waals surface area contributed by atoms with Crippen molar-refractivity contribution in [3.8, 4) is 0 Å². The zero-order chi connectivity index (χ0) is 17.3. The largest absolute Gasteiger partial charge is 6.00 e. The summed E-state index contributed by atoms with van der Waals surface area (Å²) in [6.45, 7) is 7.62. The van der Waals surface area contributed by atoms with Gasteiger partial charge in [0.05, 0.1) is 0 Å². The molecular weight excluding hydrogens is 535 g/mol. The average molecular weight is 561 g/mol. The van der Waals surface area contributed by atoms with Gasteiger partial charge in [-0.1, -0.05) is 0 Å². The molecule has 3 heterocycles. The third-order valence-corrected chi connectivity index (χ3v) is 4.74. The summed E-state index contributed by atoms with van der Waals surface area (Å²) >= 11 is 0. The second-order valence-electron chi connectivity index (χ2n) is 6.92. The topological polar surface area (TPSA) is 13.0 Å². The fourth-order valence-corrected chi connectivity index (χ4v) is 3.55. The summed E-state index contributed by atoms with van der Waals surface area (Å²) in [6.07, 6.45) is 8.48. The van der Waals surface area contributed by atoms with E-state index in [1.54, 1.807) is 0 Å². The molecule has 5 rings (SSSR count). The Balaban J connectivity index is 0.000001000. The molecule has 0 atom stereocenters. The molecule has 0 radical (unpaired) electrons. The first-order valence-corrected chi connectivity index (χ1v) is 8.90. The van der Waals surface area contributed by atoms with E-state index in [4.69, 9.17) is 0 Å². The van der Waals surface area contributed by atoms with Crippen LogP contribution in [-0.4, -0.2) is 19.6 Å². The maximum absolute atomic E-state index is 3.56. The second kappa shape index (κ2) is 9.99. The Kier molecular flexibility index (Phi) is 7.93. The van der Waals surface area contributed by atoms with Gasteiger partial charge < -0.3 is 34.5 Å². The summed E-state index contributed by atoms with van der Waals surface area (Å²) in [4.78, 5) is 8.81. The van der Waals surface area contributed by atoms with E-state index in [9.17, 15) is 0 Å². The van der Waals surface area contributed by atoms with Crippen molar-refractivity contribution in [3.63, 3.8) is 0 Å². The van der Waals surface area contributed by atoms with E-state index in [1.165, 1.54) is 22.3 Å². The van der Waals surface area contributed by atoms with E-state index in [0.29, 0.717) is 0 Å². The third kappa shape index (κ3) is 5.43. The number of rotatable bonds is 0. The van der Waals surface area contributed by atoms with E-state index in [2.05, 4.69) is 106 Å². The molecule has 2 aromatic rings. The molecule has 3 aliphatic heterocycles. The van der Waals surface area contributed by atoms with Crippen LogP contribution in [0.25, 0.3) is 0 Å². The first-order chi connectivity index (χ1) is 12.8. The molecule has 3 aliphatic rings. The van der Waals surface area contributed by atoms with Gasteiger partial charge in [0.1, 0.15) is 0 Å². The molecule has 4 nitrogen and oxygen atoms in total. The fraction of sp³-hybridized carbons (Fsp3) is 0.167. The molecule has 0 saturated carbocycles. The maximum Gasteiger partial charge on any atom is 6.00 e. The quantitative estimate of drug-likeness (QED) is 0.445. The Labute approximate surface area is 189 Å². The number of hydrogen-bond donors (Lipinski definition) is 0. The van der Waals surface area contributed by atoms with Gasteiger partial charge in [-0.15, -0.1) is 22.3 Å². The Hall–Kier alpha value is -2.24. The van der Waals surface area contributed by atoms with Crippen molar-refractivity contribution >= 4 is 0 Å². The molecule has 0 unspecified atom stereocenters. The summed E-state index contributed by atoms with van der Waals surface area (Å²) in [5.41, 5.74) is 4.80. The Morgan fingerprint density at radius 1 is 0.552 bits per heavy atom. The van der Waals surface area contributed by atoms with E-state index >= 15 is 0 Å². The van der Waals surface area contributed by atoms with Crippen molar-refractivity contribution in [2.45, 2.75) is 26.2 Å². The van der Waals surface area contributed by atoms with Crippen molar-refractivity contribution in [3.05, 3.63) is 124 Å². The molecule has 150 valence electrons. The van der Waals surface area contributed by atoms with E-state index in [0.717, 1.165) is 26.2 Å². The van der Waals surface area contributed by atoms with Crippen LogP contribution in [0.5, 0.6) is 0 Å². The van der Waals surface area contributed by atoms with Crippen LogP contribution in [0.4, 0.5) is 0 Å². The predicted octanol–water partition coefficient (Wildman–Crippen LogP) is 4.32. The van der Waals surface area contributed by atoms with Crippen LogP contribution in [-0.2, 0) is 46.0 Å². The van der Waals surface area contributed by atoms with Crippen molar-refractivity contribution in [2.24, 2.45) is 0 Å². The summed E-state index contributed by atoms with van der Waals surface area (Å²) in [7, 11) is 0. The third-order valence-electron chi connectivity index (χ3n) is 4.74. The normalized spacial score (nSPS) is 16.8. The van der Waals surface area contributed by atoms with Crippen LogP contribution in [0.15, 0.2) is 61.2 Å². The molecule has 0 spiro atoms. The molecule has 0 fully saturated rings. The van der Waals surface area contributed by atoms with E-state index < -0.39 is 0 Å². The van der Waals surface area contributed by atoms with Crippen LogP contribution in [0.2, 0.25) is 0 Å². The number of nitrogens with zero attached hydrogens (tertiary/aromatic N) is 4. The van der Waals surface area contributed by atoms with E-state index in [1.807, 2.05) is 0 Å². The minimum atomic E-state index is 0. The molecular formula is C24H26N4Os. The molecule has 0 N–H and O–H groups in total. The van der Waals surface area contributed by atoms with Gasteiger partial charge in [0, 0.05) is 0 Å². The average Bonchev–Trinajstić information content (AvgIpc) is 3.24. The van der Waals surface area contributed by atoms with Crippen molar-refractivity contribution < 1.29 is 19.8 Å². The van der Waals surface area contributed by atoms with Crippen LogP contribution >= 0.6 is 0 Å². The van der Waals surface area contributed by atoms with Gasteiger partial charge in [0.15, 0.2) is 0 Å². The second-order valence-corrected chi connectivity index (χ2v) is 6.92. The molecule has 0 aliphatic carbocycles. The van der Waals surface area contributed by atoms with Crippen LogP contribution in [0.1, 0.15) is 22.3 Å². The number of benzene rings is 2. The van der Waals surface area contributed by atoms with Crippen molar-refractivity contribution in [2.75, 3.05) is 0 Å². The Morgan fingerprint density at radius 2 is 0.828 bits per heavy atom. The smallest absolute Gasteiger partial charge is 0.506 e. The van der Waals surface area contributed by atoms with E-state index in [-0.39, 0.29) is 34.6 Å². The van der Waals surface area contributed by atoms with Gasteiger partial charge in [-0.25, -0.2) is 0 Å². The predicted molar refractivity (Wildman–Crippen MR) is 112 cm³/mol. The zero-order valence-electron chi connectivity index (χ0n) is 16.9.